The maximum Gasteiger partial charge on any atom is 0.0410 e. The summed E-state index contributed by atoms with van der Waals surface area (Å²) in [6, 6.07) is 10.5. The zero-order valence-corrected chi connectivity index (χ0v) is 13.5. The van der Waals surface area contributed by atoms with Crippen LogP contribution in [0.1, 0.15) is 13.0 Å². The third-order valence-corrected chi connectivity index (χ3v) is 3.10. The molecule has 0 aliphatic heterocycles. The molecule has 2 heteroatoms. The second-order valence-corrected chi connectivity index (χ2v) is 4.86. The van der Waals surface area contributed by atoms with E-state index in [0.717, 1.165) is 5.92 Å². The smallest absolute Gasteiger partial charge is 0.0410 e. The molecular formula is C19H21FeN. The molecule has 0 spiro atoms. The normalized spacial score (nSPS) is 21.4. The van der Waals surface area contributed by atoms with E-state index >= 15 is 0 Å². The molecular weight excluding hydrogens is 298 g/mol. The molecule has 0 bridgehead atoms. The molecule has 2 fully saturated rings. The Morgan fingerprint density at radius 1 is 0.857 bits per heavy atom. The Bertz CT molecular complexity index is 384. The van der Waals surface area contributed by atoms with Crippen LogP contribution in [0.3, 0.4) is 0 Å². The quantitative estimate of drug-likeness (QED) is 0.768. The summed E-state index contributed by atoms with van der Waals surface area (Å²) in [6.07, 6.45) is 16.4. The number of nitrogens with zero attached hydrogens (tertiary/aromatic N) is 1. The maximum absolute atomic E-state index is 7.90. The van der Waals surface area contributed by atoms with E-state index in [-0.39, 0.29) is 23.1 Å². The van der Waals surface area contributed by atoms with Crippen molar-refractivity contribution in [1.29, 1.82) is 0 Å². The molecule has 1 aromatic rings. The second-order valence-electron chi connectivity index (χ2n) is 4.86. The standard InChI is InChI=1S/C14H16N.C5H5.Fe/c1-15(2)14(13-10-6-7-11-13)12-8-4-3-5-9-12;1-2-4-5-3-1;/h3-11,14H,1-2H3;1-5H;/t14-;;/m1../s1/i10D;;. The summed E-state index contributed by atoms with van der Waals surface area (Å²) in [5, 5.41) is 0. The molecule has 0 N–H and O–H groups in total. The van der Waals surface area contributed by atoms with Crippen LogP contribution >= 0.6 is 0 Å². The molecule has 0 unspecified atom stereocenters. The van der Waals surface area contributed by atoms with Gasteiger partial charge in [-0.3, -0.25) is 0 Å². The van der Waals surface area contributed by atoms with Gasteiger partial charge in [-0.05, 0) is 77.4 Å². The molecule has 10 radical (unpaired) electrons. The molecule has 1 atom stereocenters. The van der Waals surface area contributed by atoms with Crippen LogP contribution in [0.5, 0.6) is 0 Å². The monoisotopic (exact) mass is 320 g/mol. The molecule has 0 aromatic heterocycles. The van der Waals surface area contributed by atoms with Crippen LogP contribution in [-0.2, 0) is 17.1 Å². The Hall–Kier alpha value is -0.301. The van der Waals surface area contributed by atoms with Crippen molar-refractivity contribution in [2.24, 2.45) is 0 Å². The van der Waals surface area contributed by atoms with Crippen LogP contribution in [0, 0.1) is 63.7 Å². The SMILES string of the molecule is [2H][C]1[CH][CH][CH][C]1[C@@H](c1ccccc1)N(C)C.[CH]1[CH][CH][CH][CH]1.[Fe]. The van der Waals surface area contributed by atoms with Crippen LogP contribution in [0.4, 0.5) is 0 Å². The van der Waals surface area contributed by atoms with Crippen LogP contribution in [0.25, 0.3) is 0 Å². The van der Waals surface area contributed by atoms with Crippen LogP contribution in [0.15, 0.2) is 30.3 Å². The number of hydrogen-bond acceptors (Lipinski definition) is 1. The minimum Gasteiger partial charge on any atom is -0.302 e. The molecule has 1 nitrogen and oxygen atoms in total. The Labute approximate surface area is 143 Å². The average molecular weight is 320 g/mol. The fourth-order valence-electron chi connectivity index (χ4n) is 2.23. The summed E-state index contributed by atoms with van der Waals surface area (Å²) in [6.45, 7) is 0. The van der Waals surface area contributed by atoms with Gasteiger partial charge in [0.05, 0.1) is 0 Å². The topological polar surface area (TPSA) is 3.24 Å². The Morgan fingerprint density at radius 3 is 1.86 bits per heavy atom. The summed E-state index contributed by atoms with van der Waals surface area (Å²) >= 11 is 0. The number of rotatable bonds is 3. The van der Waals surface area contributed by atoms with Gasteiger partial charge in [-0.25, -0.2) is 0 Å². The van der Waals surface area contributed by atoms with E-state index in [2.05, 4.69) is 17.0 Å². The van der Waals surface area contributed by atoms with E-state index in [9.17, 15) is 0 Å². The summed E-state index contributed by atoms with van der Waals surface area (Å²) in [4.78, 5) is 2.14. The first-order valence-corrected chi connectivity index (χ1v) is 6.80. The zero-order valence-electron chi connectivity index (χ0n) is 13.4. The molecule has 2 aliphatic carbocycles. The summed E-state index contributed by atoms with van der Waals surface area (Å²) in [5.41, 5.74) is 1.23. The van der Waals surface area contributed by atoms with Gasteiger partial charge >= 0.3 is 0 Å². The van der Waals surface area contributed by atoms with Gasteiger partial charge in [0, 0.05) is 30.4 Å². The van der Waals surface area contributed by atoms with E-state index in [0.29, 0.717) is 6.40 Å². The molecule has 0 heterocycles. The van der Waals surface area contributed by atoms with Crippen molar-refractivity contribution in [1.82, 2.24) is 4.90 Å². The van der Waals surface area contributed by atoms with E-state index in [1.807, 2.05) is 83.7 Å². The first-order chi connectivity index (χ1) is 10.2. The third-order valence-electron chi connectivity index (χ3n) is 3.10. The second kappa shape index (κ2) is 10.4. The van der Waals surface area contributed by atoms with Crippen molar-refractivity contribution in [2.45, 2.75) is 6.04 Å². The van der Waals surface area contributed by atoms with E-state index in [1.54, 1.807) is 0 Å². The molecule has 21 heavy (non-hydrogen) atoms. The van der Waals surface area contributed by atoms with Crippen molar-refractivity contribution >= 4 is 0 Å². The van der Waals surface area contributed by atoms with Crippen LogP contribution in [-0.4, -0.2) is 19.0 Å². The molecule has 0 saturated heterocycles. The first-order valence-electron chi connectivity index (χ1n) is 7.30. The first kappa shape index (κ1) is 17.1. The minimum atomic E-state index is 0. The van der Waals surface area contributed by atoms with Gasteiger partial charge in [-0.15, -0.1) is 0 Å². The van der Waals surface area contributed by atoms with E-state index < -0.39 is 0 Å². The summed E-state index contributed by atoms with van der Waals surface area (Å²) in [7, 11) is 4.09. The molecule has 3 rings (SSSR count). The molecule has 110 valence electrons. The van der Waals surface area contributed by atoms with Gasteiger partial charge in [-0.1, -0.05) is 30.3 Å². The minimum absolute atomic E-state index is 0. The van der Waals surface area contributed by atoms with Gasteiger partial charge in [0.1, 0.15) is 0 Å². The Morgan fingerprint density at radius 2 is 1.43 bits per heavy atom. The molecule has 2 saturated carbocycles. The summed E-state index contributed by atoms with van der Waals surface area (Å²) in [5.74, 6) is 1.07. The maximum atomic E-state index is 7.90. The van der Waals surface area contributed by atoms with Crippen molar-refractivity contribution in [3.8, 4) is 0 Å². The average Bonchev–Trinajstić information content (AvgIpc) is 3.16. The van der Waals surface area contributed by atoms with E-state index in [1.165, 1.54) is 5.56 Å². The Kier molecular flexibility index (Phi) is 8.47. The van der Waals surface area contributed by atoms with Gasteiger partial charge < -0.3 is 4.90 Å². The Balaban J connectivity index is 0.000000344. The fraction of sp³-hybridized carbons (Fsp3) is 0.158. The zero-order chi connectivity index (χ0) is 15.1. The molecule has 2 aliphatic rings. The van der Waals surface area contributed by atoms with Crippen molar-refractivity contribution in [3.05, 3.63) is 99.6 Å². The van der Waals surface area contributed by atoms with Crippen molar-refractivity contribution in [2.75, 3.05) is 14.1 Å². The summed E-state index contributed by atoms with van der Waals surface area (Å²) < 4.78 is 7.90. The predicted octanol–water partition coefficient (Wildman–Crippen LogP) is 3.71. The number of benzene rings is 1. The fourth-order valence-corrected chi connectivity index (χ4v) is 2.23. The number of hydrogen-bond donors (Lipinski definition) is 0. The van der Waals surface area contributed by atoms with Gasteiger partial charge in [0.2, 0.25) is 0 Å². The van der Waals surface area contributed by atoms with Crippen LogP contribution in [0.2, 0.25) is 0 Å². The predicted molar refractivity (Wildman–Crippen MR) is 84.8 cm³/mol. The molecule has 1 aromatic carbocycles. The largest absolute Gasteiger partial charge is 0.302 e. The van der Waals surface area contributed by atoms with Gasteiger partial charge in [-0.2, -0.15) is 0 Å². The van der Waals surface area contributed by atoms with Gasteiger partial charge in [0.15, 0.2) is 0 Å². The third kappa shape index (κ3) is 6.14. The van der Waals surface area contributed by atoms with E-state index in [4.69, 9.17) is 1.37 Å². The van der Waals surface area contributed by atoms with Crippen LogP contribution < -0.4 is 0 Å². The van der Waals surface area contributed by atoms with Crippen molar-refractivity contribution < 1.29 is 18.4 Å². The van der Waals surface area contributed by atoms with Gasteiger partial charge in [0.25, 0.3) is 0 Å². The van der Waals surface area contributed by atoms with Crippen molar-refractivity contribution in [3.63, 3.8) is 0 Å². The molecule has 0 amide bonds.